The van der Waals surface area contributed by atoms with E-state index >= 15 is 0 Å². The van der Waals surface area contributed by atoms with E-state index in [1.807, 2.05) is 96.4 Å². The predicted octanol–water partition coefficient (Wildman–Crippen LogP) is 4.38. The Hall–Kier alpha value is -2.93. The Bertz CT molecular complexity index is 1160. The summed E-state index contributed by atoms with van der Waals surface area (Å²) in [5, 5.41) is 11.1. The van der Waals surface area contributed by atoms with Gasteiger partial charge in [0.1, 0.15) is 18.1 Å². The number of amides is 5. The Morgan fingerprint density at radius 3 is 2.17 bits per heavy atom. The van der Waals surface area contributed by atoms with E-state index in [-0.39, 0.29) is 30.5 Å². The van der Waals surface area contributed by atoms with Crippen LogP contribution < -0.4 is 21.3 Å². The van der Waals surface area contributed by atoms with Crippen molar-refractivity contribution in [3.63, 3.8) is 0 Å². The fraction of sp³-hybridized carbons (Fsp3) is 0.697. The molecule has 0 aliphatic carbocycles. The molecule has 46 heavy (non-hydrogen) atoms. The van der Waals surface area contributed by atoms with Gasteiger partial charge in [-0.1, -0.05) is 90.7 Å². The van der Waals surface area contributed by atoms with Crippen molar-refractivity contribution in [2.75, 3.05) is 32.9 Å². The minimum Gasteiger partial charge on any atom is -0.354 e. The summed E-state index contributed by atoms with van der Waals surface area (Å²) in [4.78, 5) is 55.1. The number of rotatable bonds is 14. The summed E-state index contributed by atoms with van der Waals surface area (Å²) in [6, 6.07) is 5.34. The van der Waals surface area contributed by atoms with Crippen molar-refractivity contribution in [2.24, 2.45) is 10.8 Å². The van der Waals surface area contributed by atoms with Gasteiger partial charge in [0.15, 0.2) is 0 Å². The van der Waals surface area contributed by atoms with Crippen molar-refractivity contribution in [1.29, 1.82) is 0 Å². The molecule has 260 valence electrons. The maximum atomic E-state index is 14.0. The molecule has 1 fully saturated rings. The molecule has 0 bridgehead atoms. The van der Waals surface area contributed by atoms with E-state index in [1.165, 1.54) is 4.90 Å². The molecule has 1 aliphatic rings. The molecule has 10 nitrogen and oxygen atoms in total. The van der Waals surface area contributed by atoms with Gasteiger partial charge in [0.05, 0.1) is 0 Å². The van der Waals surface area contributed by atoms with Crippen molar-refractivity contribution in [2.45, 2.75) is 104 Å². The fourth-order valence-electron chi connectivity index (χ4n) is 5.27. The second-order valence-corrected chi connectivity index (χ2v) is 15.3. The lowest BCUT2D eigenvalue weighted by Crippen LogP contribution is -2.61. The zero-order valence-corrected chi connectivity index (χ0v) is 29.6. The van der Waals surface area contributed by atoms with Gasteiger partial charge in [-0.05, 0) is 48.5 Å². The Labute approximate surface area is 277 Å². The number of benzene rings is 1. The summed E-state index contributed by atoms with van der Waals surface area (Å²) in [5.74, 6) is -1.90. The van der Waals surface area contributed by atoms with Crippen LogP contribution in [-0.2, 0) is 14.4 Å². The lowest BCUT2D eigenvalue weighted by atomic mass is 9.85. The third-order valence-electron chi connectivity index (χ3n) is 8.33. The molecule has 4 N–H and O–H groups in total. The van der Waals surface area contributed by atoms with Gasteiger partial charge in [0, 0.05) is 32.1 Å². The van der Waals surface area contributed by atoms with E-state index in [2.05, 4.69) is 21.3 Å². The Morgan fingerprint density at radius 2 is 1.63 bits per heavy atom. The molecule has 1 saturated heterocycles. The smallest absolute Gasteiger partial charge is 0.315 e. The molecular formula is C33H54F2N6O4S. The Kier molecular flexibility index (Phi) is 14.7. The van der Waals surface area contributed by atoms with Crippen LogP contribution in [0.4, 0.5) is 13.6 Å². The molecule has 5 amide bonds. The number of likely N-dealkylation sites (N-methyl/N-ethyl adjacent to an activating group) is 1. The number of hydrogen-bond acceptors (Lipinski definition) is 6. The van der Waals surface area contributed by atoms with Crippen LogP contribution in [0.2, 0.25) is 0 Å². The summed E-state index contributed by atoms with van der Waals surface area (Å²) in [5.41, 5.74) is 0.00881. The third-order valence-corrected chi connectivity index (χ3v) is 9.10. The van der Waals surface area contributed by atoms with Gasteiger partial charge in [-0.15, -0.1) is 0 Å². The number of nitrogens with one attached hydrogen (secondary N) is 4. The third kappa shape index (κ3) is 12.0. The average molecular weight is 669 g/mol. The van der Waals surface area contributed by atoms with Crippen molar-refractivity contribution >= 4 is 35.7 Å². The van der Waals surface area contributed by atoms with Crippen LogP contribution >= 0.6 is 11.9 Å². The van der Waals surface area contributed by atoms with Gasteiger partial charge in [0.2, 0.25) is 24.1 Å². The normalized spacial score (nSPS) is 18.1. The topological polar surface area (TPSA) is 123 Å². The van der Waals surface area contributed by atoms with Gasteiger partial charge < -0.3 is 26.2 Å². The summed E-state index contributed by atoms with van der Waals surface area (Å²) in [7, 11) is 1.93. The maximum Gasteiger partial charge on any atom is 0.315 e. The number of carbonyl (C=O) groups excluding carboxylic acids is 4. The molecule has 0 radical (unpaired) electrons. The van der Waals surface area contributed by atoms with Crippen LogP contribution in [0, 0.1) is 10.8 Å². The number of alkyl halides is 2. The lowest BCUT2D eigenvalue weighted by molar-refractivity contribution is -0.142. The molecule has 1 aromatic carbocycles. The summed E-state index contributed by atoms with van der Waals surface area (Å²) in [6.07, 6.45) is -0.914. The van der Waals surface area contributed by atoms with E-state index in [0.29, 0.717) is 19.4 Å². The quantitative estimate of drug-likeness (QED) is 0.219. The first-order valence-electron chi connectivity index (χ1n) is 15.9. The highest BCUT2D eigenvalue weighted by atomic mass is 32.2. The van der Waals surface area contributed by atoms with E-state index in [9.17, 15) is 28.0 Å². The number of likely N-dealkylation sites (tertiary alicyclic amines) is 1. The summed E-state index contributed by atoms with van der Waals surface area (Å²) < 4.78 is 29.0. The molecule has 1 aromatic rings. The first-order chi connectivity index (χ1) is 21.3. The highest BCUT2D eigenvalue weighted by Gasteiger charge is 2.43. The average Bonchev–Trinajstić information content (AvgIpc) is 3.47. The predicted molar refractivity (Wildman–Crippen MR) is 179 cm³/mol. The van der Waals surface area contributed by atoms with Gasteiger partial charge >= 0.3 is 6.03 Å². The summed E-state index contributed by atoms with van der Waals surface area (Å²) >= 11 is 1.55. The molecule has 5 atom stereocenters. The maximum absolute atomic E-state index is 14.0. The number of carbonyl (C=O) groups is 4. The zero-order chi connectivity index (χ0) is 34.8. The Balaban J connectivity index is 2.15. The van der Waals surface area contributed by atoms with Gasteiger partial charge in [-0.2, -0.15) is 0 Å². The van der Waals surface area contributed by atoms with Crippen LogP contribution in [0.5, 0.6) is 0 Å². The van der Waals surface area contributed by atoms with Crippen LogP contribution in [0.25, 0.3) is 0 Å². The molecule has 1 heterocycles. The van der Waals surface area contributed by atoms with Crippen molar-refractivity contribution in [1.82, 2.24) is 30.5 Å². The second-order valence-electron chi connectivity index (χ2n) is 14.3. The lowest BCUT2D eigenvalue weighted by Gasteiger charge is -2.37. The highest BCUT2D eigenvalue weighted by Crippen LogP contribution is 2.27. The van der Waals surface area contributed by atoms with Crippen LogP contribution in [0.3, 0.4) is 0 Å². The van der Waals surface area contributed by atoms with Gasteiger partial charge in [-0.3, -0.25) is 18.7 Å². The number of hydrogen-bond donors (Lipinski definition) is 4. The minimum absolute atomic E-state index is 0.0693. The highest BCUT2D eigenvalue weighted by molar-refractivity contribution is 7.96. The van der Waals surface area contributed by atoms with Crippen LogP contribution in [0.15, 0.2) is 30.3 Å². The molecule has 0 aromatic heterocycles. The van der Waals surface area contributed by atoms with Crippen molar-refractivity contribution in [3.8, 4) is 0 Å². The van der Waals surface area contributed by atoms with Gasteiger partial charge in [-0.25, -0.2) is 13.6 Å². The summed E-state index contributed by atoms with van der Waals surface area (Å²) in [6.45, 7) is 14.5. The van der Waals surface area contributed by atoms with Crippen LogP contribution in [0.1, 0.15) is 79.2 Å². The van der Waals surface area contributed by atoms with E-state index in [0.717, 1.165) is 5.56 Å². The van der Waals surface area contributed by atoms with Crippen LogP contribution in [-0.4, -0.2) is 96.5 Å². The van der Waals surface area contributed by atoms with Crippen molar-refractivity contribution < 1.29 is 28.0 Å². The molecule has 0 spiro atoms. The van der Waals surface area contributed by atoms with E-state index < -0.39 is 60.1 Å². The monoisotopic (exact) mass is 668 g/mol. The molecule has 2 rings (SSSR count). The SMILES string of the molecule is CSN(C)C[C@@H](NC(=O)N[C@H](C(=O)N1CCC[C@H]1C(=O)N[C@@H](CC(F)F)C(=O)NCC(C)c1ccccc1)C(C)(C)C)C(C)(C)C. The molecular weight excluding hydrogens is 614 g/mol. The Morgan fingerprint density at radius 1 is 1.00 bits per heavy atom. The van der Waals surface area contributed by atoms with Crippen molar-refractivity contribution in [3.05, 3.63) is 35.9 Å². The first kappa shape index (κ1) is 39.2. The second kappa shape index (κ2) is 17.3. The number of urea groups is 1. The van der Waals surface area contributed by atoms with E-state index in [4.69, 9.17) is 0 Å². The molecule has 1 unspecified atom stereocenters. The minimum atomic E-state index is -2.83. The largest absolute Gasteiger partial charge is 0.354 e. The van der Waals surface area contributed by atoms with E-state index in [1.54, 1.807) is 11.9 Å². The fourth-order valence-corrected chi connectivity index (χ4v) is 5.57. The standard InChI is InChI=1S/C33H54F2N6O4S/c1-21(22-14-11-10-12-15-22)19-36-28(42)23(18-26(34)35)37-29(43)24-16-13-17-41(24)30(44)27(33(5,6)7)39-31(45)38-25(32(2,3)4)20-40(8)46-9/h10-12,14-15,21,23-27H,13,16-20H2,1-9H3,(H,36,42)(H,37,43)(H2,38,39,45)/t21?,23-,24-,25+,27+/m0/s1. The number of nitrogens with zero attached hydrogens (tertiary/aromatic N) is 2. The number of halogens is 2. The molecule has 0 saturated carbocycles. The molecule has 13 heteroatoms. The van der Waals surface area contributed by atoms with Gasteiger partial charge in [0.25, 0.3) is 0 Å². The molecule has 1 aliphatic heterocycles. The first-order valence-corrected chi connectivity index (χ1v) is 17.1. The zero-order valence-electron chi connectivity index (χ0n) is 28.8.